The Bertz CT molecular complexity index is 119. The van der Waals surface area contributed by atoms with Crippen LogP contribution >= 0.6 is 0 Å². The van der Waals surface area contributed by atoms with Crippen LogP contribution in [0.4, 0.5) is 0 Å². The third-order valence-electron chi connectivity index (χ3n) is 2.90. The maximum Gasteiger partial charge on any atom is 0.0727 e. The molecule has 0 aliphatic carbocycles. The second-order valence-electron chi connectivity index (χ2n) is 3.41. The second-order valence-corrected chi connectivity index (χ2v) is 3.41. The molecular formula is C9H19NO. The normalized spacial score (nSPS) is 41.7. The highest BCUT2D eigenvalue weighted by molar-refractivity contribution is 4.86. The summed E-state index contributed by atoms with van der Waals surface area (Å²) in [7, 11) is 1.84. The molecule has 0 N–H and O–H groups in total. The summed E-state index contributed by atoms with van der Waals surface area (Å²) in [5.74, 6) is 0.870. The maximum absolute atomic E-state index is 5.38. The highest BCUT2D eigenvalue weighted by atomic mass is 16.5. The zero-order valence-corrected chi connectivity index (χ0v) is 6.55. The van der Waals surface area contributed by atoms with Crippen LogP contribution in [-0.4, -0.2) is 37.7 Å². The molecule has 3 saturated heterocycles. The Kier molecular flexibility index (Phi) is 2.90. The molecule has 1 unspecified atom stereocenters. The van der Waals surface area contributed by atoms with Gasteiger partial charge in [-0.3, -0.25) is 0 Å². The van der Waals surface area contributed by atoms with Gasteiger partial charge >= 0.3 is 0 Å². The van der Waals surface area contributed by atoms with E-state index in [1.54, 1.807) is 0 Å². The Balaban J connectivity index is 0.000000605. The minimum atomic E-state index is 0. The molecule has 2 heteroatoms. The Morgan fingerprint density at radius 1 is 1.27 bits per heavy atom. The Morgan fingerprint density at radius 3 is 2.18 bits per heavy atom. The molecule has 0 spiro atoms. The topological polar surface area (TPSA) is 12.5 Å². The van der Waals surface area contributed by atoms with Crippen molar-refractivity contribution in [2.45, 2.75) is 26.4 Å². The molecule has 0 saturated carbocycles. The van der Waals surface area contributed by atoms with Crippen molar-refractivity contribution in [2.75, 3.05) is 26.7 Å². The first kappa shape index (κ1) is 9.01. The van der Waals surface area contributed by atoms with Crippen molar-refractivity contribution in [3.05, 3.63) is 0 Å². The standard InChI is InChI=1S/C8H15NO.CH4/c1-10-8-6-9-4-2-7(8)3-5-9;/h7-8H,2-6H2,1H3;1H4. The molecule has 0 aromatic rings. The predicted molar refractivity (Wildman–Crippen MR) is 46.7 cm³/mol. The van der Waals surface area contributed by atoms with Crippen molar-refractivity contribution in [1.29, 1.82) is 0 Å². The van der Waals surface area contributed by atoms with Crippen LogP contribution in [0.2, 0.25) is 0 Å². The third-order valence-corrected chi connectivity index (χ3v) is 2.90. The van der Waals surface area contributed by atoms with Crippen LogP contribution in [0.3, 0.4) is 0 Å². The van der Waals surface area contributed by atoms with Crippen LogP contribution < -0.4 is 0 Å². The summed E-state index contributed by atoms with van der Waals surface area (Å²) in [4.78, 5) is 2.51. The molecule has 3 aliphatic rings. The van der Waals surface area contributed by atoms with Gasteiger partial charge in [0.2, 0.25) is 0 Å². The molecule has 3 rings (SSSR count). The molecule has 2 nitrogen and oxygen atoms in total. The smallest absolute Gasteiger partial charge is 0.0727 e. The van der Waals surface area contributed by atoms with Crippen molar-refractivity contribution < 1.29 is 4.74 Å². The largest absolute Gasteiger partial charge is 0.380 e. The average molecular weight is 157 g/mol. The van der Waals surface area contributed by atoms with Gasteiger partial charge in [-0.25, -0.2) is 0 Å². The van der Waals surface area contributed by atoms with Gasteiger partial charge in [0, 0.05) is 13.7 Å². The van der Waals surface area contributed by atoms with Crippen LogP contribution in [0.25, 0.3) is 0 Å². The summed E-state index contributed by atoms with van der Waals surface area (Å²) >= 11 is 0. The number of ether oxygens (including phenoxy) is 1. The first-order valence-corrected chi connectivity index (χ1v) is 4.15. The Hall–Kier alpha value is -0.0800. The molecule has 0 aromatic carbocycles. The highest BCUT2D eigenvalue weighted by Crippen LogP contribution is 2.28. The number of hydrogen-bond acceptors (Lipinski definition) is 2. The lowest BCUT2D eigenvalue weighted by molar-refractivity contribution is -0.0481. The van der Waals surface area contributed by atoms with E-state index in [9.17, 15) is 0 Å². The molecule has 66 valence electrons. The zero-order chi connectivity index (χ0) is 6.97. The zero-order valence-electron chi connectivity index (χ0n) is 6.55. The first-order chi connectivity index (χ1) is 4.90. The van der Waals surface area contributed by atoms with Crippen molar-refractivity contribution in [2.24, 2.45) is 5.92 Å². The molecule has 11 heavy (non-hydrogen) atoms. The van der Waals surface area contributed by atoms with Gasteiger partial charge < -0.3 is 9.64 Å². The van der Waals surface area contributed by atoms with E-state index in [0.29, 0.717) is 6.10 Å². The van der Waals surface area contributed by atoms with Gasteiger partial charge in [0.25, 0.3) is 0 Å². The lowest BCUT2D eigenvalue weighted by Gasteiger charge is -2.43. The molecule has 0 radical (unpaired) electrons. The van der Waals surface area contributed by atoms with Gasteiger partial charge in [0.05, 0.1) is 6.10 Å². The summed E-state index contributed by atoms with van der Waals surface area (Å²) in [6.45, 7) is 3.80. The van der Waals surface area contributed by atoms with Crippen LogP contribution in [0.15, 0.2) is 0 Å². The fourth-order valence-corrected chi connectivity index (χ4v) is 2.18. The van der Waals surface area contributed by atoms with Gasteiger partial charge in [-0.1, -0.05) is 7.43 Å². The molecule has 0 aromatic heterocycles. The molecule has 3 fully saturated rings. The van der Waals surface area contributed by atoms with Crippen LogP contribution in [0, 0.1) is 5.92 Å². The molecule has 0 amide bonds. The lowest BCUT2D eigenvalue weighted by Crippen LogP contribution is -2.50. The van der Waals surface area contributed by atoms with Gasteiger partial charge in [0.1, 0.15) is 0 Å². The minimum Gasteiger partial charge on any atom is -0.380 e. The van der Waals surface area contributed by atoms with Crippen LogP contribution in [-0.2, 0) is 4.74 Å². The number of nitrogens with zero attached hydrogens (tertiary/aromatic N) is 1. The minimum absolute atomic E-state index is 0. The summed E-state index contributed by atoms with van der Waals surface area (Å²) in [5, 5.41) is 0. The SMILES string of the molecule is C.COC1CN2CCC1CC2. The van der Waals surface area contributed by atoms with E-state index in [1.165, 1.54) is 32.5 Å². The number of hydrogen-bond donors (Lipinski definition) is 0. The number of rotatable bonds is 1. The number of piperidine rings is 3. The Labute approximate surface area is 69.5 Å². The summed E-state index contributed by atoms with van der Waals surface area (Å²) in [5.41, 5.74) is 0. The quantitative estimate of drug-likeness (QED) is 0.570. The average Bonchev–Trinajstić information content (AvgIpc) is 2.06. The van der Waals surface area contributed by atoms with Crippen molar-refractivity contribution >= 4 is 0 Å². The fourth-order valence-electron chi connectivity index (χ4n) is 2.18. The summed E-state index contributed by atoms with van der Waals surface area (Å²) in [6.07, 6.45) is 3.26. The molecule has 2 bridgehead atoms. The number of methoxy groups -OCH3 is 1. The van der Waals surface area contributed by atoms with E-state index in [4.69, 9.17) is 4.74 Å². The van der Waals surface area contributed by atoms with E-state index in [-0.39, 0.29) is 7.43 Å². The van der Waals surface area contributed by atoms with Crippen LogP contribution in [0.1, 0.15) is 20.3 Å². The van der Waals surface area contributed by atoms with E-state index in [0.717, 1.165) is 5.92 Å². The van der Waals surface area contributed by atoms with E-state index < -0.39 is 0 Å². The molecule has 3 heterocycles. The Morgan fingerprint density at radius 2 is 1.91 bits per heavy atom. The van der Waals surface area contributed by atoms with Gasteiger partial charge in [0.15, 0.2) is 0 Å². The second kappa shape index (κ2) is 3.55. The maximum atomic E-state index is 5.38. The fraction of sp³-hybridized carbons (Fsp3) is 1.00. The molecule has 1 atom stereocenters. The number of fused-ring (bicyclic) bond motifs is 3. The highest BCUT2D eigenvalue weighted by Gasteiger charge is 2.33. The summed E-state index contributed by atoms with van der Waals surface area (Å²) in [6, 6.07) is 0. The van der Waals surface area contributed by atoms with Crippen molar-refractivity contribution in [3.63, 3.8) is 0 Å². The monoisotopic (exact) mass is 157 g/mol. The predicted octanol–water partition coefficient (Wildman–Crippen LogP) is 1.36. The third kappa shape index (κ3) is 1.57. The lowest BCUT2D eigenvalue weighted by atomic mass is 9.86. The van der Waals surface area contributed by atoms with Crippen molar-refractivity contribution in [3.8, 4) is 0 Å². The van der Waals surface area contributed by atoms with Gasteiger partial charge in [-0.05, 0) is 31.8 Å². The van der Waals surface area contributed by atoms with Crippen molar-refractivity contribution in [1.82, 2.24) is 4.90 Å². The molecule has 3 aliphatic heterocycles. The van der Waals surface area contributed by atoms with Gasteiger partial charge in [-0.2, -0.15) is 0 Å². The van der Waals surface area contributed by atoms with E-state index >= 15 is 0 Å². The van der Waals surface area contributed by atoms with Crippen LogP contribution in [0.5, 0.6) is 0 Å². The molecular weight excluding hydrogens is 138 g/mol. The van der Waals surface area contributed by atoms with Gasteiger partial charge in [-0.15, -0.1) is 0 Å². The van der Waals surface area contributed by atoms with E-state index in [1.807, 2.05) is 7.11 Å². The first-order valence-electron chi connectivity index (χ1n) is 4.15. The van der Waals surface area contributed by atoms with E-state index in [2.05, 4.69) is 4.90 Å². The summed E-state index contributed by atoms with van der Waals surface area (Å²) < 4.78 is 5.38.